The van der Waals surface area contributed by atoms with Crippen molar-refractivity contribution in [2.45, 2.75) is 32.2 Å². The largest absolute Gasteiger partial charge is 0.497 e. The molecule has 0 aromatic heterocycles. The first-order valence-electron chi connectivity index (χ1n) is 9.53. The molecule has 2 aromatic rings. The molecule has 144 valence electrons. The summed E-state index contributed by atoms with van der Waals surface area (Å²) in [7, 11) is 1.67. The van der Waals surface area contributed by atoms with Crippen LogP contribution < -0.4 is 9.64 Å². The quantitative estimate of drug-likeness (QED) is 0.741. The zero-order valence-electron chi connectivity index (χ0n) is 16.0. The number of methoxy groups -OCH3 is 1. The lowest BCUT2D eigenvalue weighted by Gasteiger charge is -2.28. The minimum absolute atomic E-state index is 0.0609. The van der Waals surface area contributed by atoms with Crippen LogP contribution in [0.15, 0.2) is 48.5 Å². The molecule has 0 saturated carbocycles. The lowest BCUT2D eigenvalue weighted by atomic mass is 10.0. The average molecular weight is 370 g/mol. The van der Waals surface area contributed by atoms with Crippen molar-refractivity contribution in [2.24, 2.45) is 0 Å². The number of anilines is 1. The summed E-state index contributed by atoms with van der Waals surface area (Å²) >= 11 is 0. The minimum Gasteiger partial charge on any atom is -0.497 e. The summed E-state index contributed by atoms with van der Waals surface area (Å²) in [6.07, 6.45) is 3.14. The predicted octanol–water partition coefficient (Wildman–Crippen LogP) is 3.89. The number of amides is 1. The van der Waals surface area contributed by atoms with Crippen LogP contribution in [0.5, 0.6) is 5.75 Å². The number of hydrogen-bond acceptors (Lipinski definition) is 3. The number of likely N-dealkylation sites (N-methyl/N-ethyl adjacent to an activating group) is 1. The second kappa shape index (κ2) is 9.00. The number of carbonyl (C=O) groups is 1. The van der Waals surface area contributed by atoms with E-state index in [0.29, 0.717) is 19.1 Å². The smallest absolute Gasteiger partial charge is 0.241 e. The highest BCUT2D eigenvalue weighted by molar-refractivity contribution is 5.94. The van der Waals surface area contributed by atoms with E-state index in [1.54, 1.807) is 24.1 Å². The molecule has 5 heteroatoms. The van der Waals surface area contributed by atoms with Crippen LogP contribution in [0.1, 0.15) is 25.3 Å². The van der Waals surface area contributed by atoms with Crippen LogP contribution in [0.25, 0.3) is 0 Å². The van der Waals surface area contributed by atoms with Gasteiger partial charge >= 0.3 is 0 Å². The van der Waals surface area contributed by atoms with Crippen LogP contribution in [0.3, 0.4) is 0 Å². The fourth-order valence-corrected chi connectivity index (χ4v) is 3.75. The van der Waals surface area contributed by atoms with E-state index < -0.39 is 0 Å². The third-order valence-electron chi connectivity index (χ3n) is 5.22. The maximum atomic E-state index is 13.2. The second-order valence-corrected chi connectivity index (χ2v) is 6.93. The first kappa shape index (κ1) is 19.4. The fourth-order valence-electron chi connectivity index (χ4n) is 3.75. The van der Waals surface area contributed by atoms with Crippen molar-refractivity contribution in [1.82, 2.24) is 4.90 Å². The molecule has 0 bridgehead atoms. The molecule has 0 radical (unpaired) electrons. The molecule has 27 heavy (non-hydrogen) atoms. The highest BCUT2D eigenvalue weighted by Crippen LogP contribution is 2.23. The first-order chi connectivity index (χ1) is 13.1. The number of rotatable bonds is 7. The molecule has 1 aliphatic heterocycles. The average Bonchev–Trinajstić information content (AvgIpc) is 3.11. The molecule has 4 nitrogen and oxygen atoms in total. The standard InChI is InChI=1S/C22H27FN2O2/c1-3-25(19-10-8-18(23)9-11-19)22(26)16-24-14-4-5-20(24)15-17-6-12-21(27-2)13-7-17/h6-13,20H,3-5,14-16H2,1-2H3/t20-/m1/s1. The van der Waals surface area contributed by atoms with Crippen molar-refractivity contribution in [1.29, 1.82) is 0 Å². The molecule has 0 unspecified atom stereocenters. The topological polar surface area (TPSA) is 32.8 Å². The number of hydrogen-bond donors (Lipinski definition) is 0. The van der Waals surface area contributed by atoms with Crippen LogP contribution in [0, 0.1) is 5.82 Å². The van der Waals surface area contributed by atoms with Gasteiger partial charge in [0.05, 0.1) is 13.7 Å². The van der Waals surface area contributed by atoms with Crippen LogP contribution in [-0.2, 0) is 11.2 Å². The van der Waals surface area contributed by atoms with Gasteiger partial charge in [0.1, 0.15) is 11.6 Å². The molecule has 0 N–H and O–H groups in total. The van der Waals surface area contributed by atoms with E-state index in [9.17, 15) is 9.18 Å². The summed E-state index contributed by atoms with van der Waals surface area (Å²) in [6.45, 7) is 3.85. The van der Waals surface area contributed by atoms with Gasteiger partial charge in [0.25, 0.3) is 0 Å². The SMILES string of the molecule is CCN(C(=O)CN1CCC[C@@H]1Cc1ccc(OC)cc1)c1ccc(F)cc1. The Morgan fingerprint density at radius 3 is 2.52 bits per heavy atom. The highest BCUT2D eigenvalue weighted by atomic mass is 19.1. The normalized spacial score (nSPS) is 17.1. The van der Waals surface area contributed by atoms with E-state index in [2.05, 4.69) is 17.0 Å². The Morgan fingerprint density at radius 1 is 1.19 bits per heavy atom. The molecule has 1 fully saturated rings. The van der Waals surface area contributed by atoms with Gasteiger partial charge < -0.3 is 9.64 Å². The number of benzene rings is 2. The van der Waals surface area contributed by atoms with Crippen molar-refractivity contribution in [2.75, 3.05) is 31.6 Å². The first-order valence-corrected chi connectivity index (χ1v) is 9.53. The van der Waals surface area contributed by atoms with Crippen molar-refractivity contribution in [3.8, 4) is 5.75 Å². The zero-order chi connectivity index (χ0) is 19.2. The number of likely N-dealkylation sites (tertiary alicyclic amines) is 1. The van der Waals surface area contributed by atoms with Crippen molar-refractivity contribution in [3.63, 3.8) is 0 Å². The van der Waals surface area contributed by atoms with Crippen LogP contribution in [-0.4, -0.2) is 43.6 Å². The highest BCUT2D eigenvalue weighted by Gasteiger charge is 2.28. The third-order valence-corrected chi connectivity index (χ3v) is 5.22. The third kappa shape index (κ3) is 4.86. The van der Waals surface area contributed by atoms with Gasteiger partial charge in [-0.1, -0.05) is 12.1 Å². The Hall–Kier alpha value is -2.40. The number of ether oxygens (including phenoxy) is 1. The summed E-state index contributed by atoms with van der Waals surface area (Å²) in [5.41, 5.74) is 2.00. The van der Waals surface area contributed by atoms with Crippen LogP contribution in [0.4, 0.5) is 10.1 Å². The van der Waals surface area contributed by atoms with E-state index in [0.717, 1.165) is 37.2 Å². The van der Waals surface area contributed by atoms with Gasteiger partial charge in [-0.05, 0) is 74.7 Å². The Balaban J connectivity index is 1.63. The van der Waals surface area contributed by atoms with Gasteiger partial charge in [0.2, 0.25) is 5.91 Å². The number of carbonyl (C=O) groups excluding carboxylic acids is 1. The molecule has 0 aliphatic carbocycles. The number of halogens is 1. The molecule has 1 atom stereocenters. The fraction of sp³-hybridized carbons (Fsp3) is 0.409. The minimum atomic E-state index is -0.290. The maximum Gasteiger partial charge on any atom is 0.241 e. The molecular formula is C22H27FN2O2. The van der Waals surface area contributed by atoms with Gasteiger partial charge in [-0.25, -0.2) is 4.39 Å². The van der Waals surface area contributed by atoms with Crippen LogP contribution in [0.2, 0.25) is 0 Å². The molecular weight excluding hydrogens is 343 g/mol. The molecule has 1 saturated heterocycles. The Bertz CT molecular complexity index is 746. The van der Waals surface area contributed by atoms with E-state index in [1.165, 1.54) is 17.7 Å². The van der Waals surface area contributed by atoms with E-state index >= 15 is 0 Å². The molecule has 3 rings (SSSR count). The predicted molar refractivity (Wildman–Crippen MR) is 106 cm³/mol. The lowest BCUT2D eigenvalue weighted by molar-refractivity contribution is -0.119. The van der Waals surface area contributed by atoms with E-state index in [1.807, 2.05) is 19.1 Å². The van der Waals surface area contributed by atoms with Crippen molar-refractivity contribution >= 4 is 11.6 Å². The van der Waals surface area contributed by atoms with Gasteiger partial charge in [0, 0.05) is 18.3 Å². The summed E-state index contributed by atoms with van der Waals surface area (Å²) in [5, 5.41) is 0. The van der Waals surface area contributed by atoms with Gasteiger partial charge in [-0.15, -0.1) is 0 Å². The summed E-state index contributed by atoms with van der Waals surface area (Å²) in [4.78, 5) is 16.9. The van der Waals surface area contributed by atoms with Crippen molar-refractivity contribution in [3.05, 3.63) is 59.9 Å². The molecule has 1 amide bonds. The molecule has 2 aromatic carbocycles. The molecule has 1 aliphatic rings. The number of nitrogens with zero attached hydrogens (tertiary/aromatic N) is 2. The maximum absolute atomic E-state index is 13.2. The molecule has 0 spiro atoms. The van der Waals surface area contributed by atoms with E-state index in [4.69, 9.17) is 4.74 Å². The Kier molecular flexibility index (Phi) is 6.45. The monoisotopic (exact) mass is 370 g/mol. The van der Waals surface area contributed by atoms with Gasteiger partial charge in [-0.3, -0.25) is 9.69 Å². The van der Waals surface area contributed by atoms with Gasteiger partial charge in [0.15, 0.2) is 0 Å². The Morgan fingerprint density at radius 2 is 1.89 bits per heavy atom. The second-order valence-electron chi connectivity index (χ2n) is 6.93. The zero-order valence-corrected chi connectivity index (χ0v) is 16.0. The summed E-state index contributed by atoms with van der Waals surface area (Å²) in [6, 6.07) is 14.6. The van der Waals surface area contributed by atoms with Crippen LogP contribution >= 0.6 is 0 Å². The molecule has 1 heterocycles. The van der Waals surface area contributed by atoms with Crippen molar-refractivity contribution < 1.29 is 13.9 Å². The Labute approximate surface area is 160 Å². The van der Waals surface area contributed by atoms with E-state index in [-0.39, 0.29) is 11.7 Å². The lowest BCUT2D eigenvalue weighted by Crippen LogP contribution is -2.43. The van der Waals surface area contributed by atoms with Gasteiger partial charge in [-0.2, -0.15) is 0 Å². The summed E-state index contributed by atoms with van der Waals surface area (Å²) in [5.74, 6) is 0.627. The summed E-state index contributed by atoms with van der Waals surface area (Å²) < 4.78 is 18.4.